The number of piperidine rings is 1. The summed E-state index contributed by atoms with van der Waals surface area (Å²) in [4.78, 5) is 30.1. The second kappa shape index (κ2) is 6.82. The van der Waals surface area contributed by atoms with Gasteiger partial charge in [0.25, 0.3) is 0 Å². The number of carbonyl (C=O) groups excluding carboxylic acids is 2. The third kappa shape index (κ3) is 2.81. The zero-order chi connectivity index (χ0) is 18.1. The number of nitrogens with zero attached hydrogens (tertiary/aromatic N) is 2. The van der Waals surface area contributed by atoms with Crippen LogP contribution in [0.15, 0.2) is 18.2 Å². The lowest BCUT2D eigenvalue weighted by atomic mass is 9.85. The van der Waals surface area contributed by atoms with Gasteiger partial charge in [-0.15, -0.1) is 0 Å². The topological polar surface area (TPSA) is 59.1 Å². The molecule has 3 aliphatic heterocycles. The molecular formula is C20H26N2O4. The van der Waals surface area contributed by atoms with E-state index in [-0.39, 0.29) is 18.6 Å². The van der Waals surface area contributed by atoms with Gasteiger partial charge in [-0.05, 0) is 49.8 Å². The highest BCUT2D eigenvalue weighted by Gasteiger charge is 2.52. The number of amides is 2. The largest absolute Gasteiger partial charge is 0.454 e. The Labute approximate surface area is 154 Å². The van der Waals surface area contributed by atoms with Gasteiger partial charge in [0.05, 0.1) is 6.42 Å². The fourth-order valence-electron chi connectivity index (χ4n) is 4.59. The summed E-state index contributed by atoms with van der Waals surface area (Å²) in [5.41, 5.74) is 0.288. The highest BCUT2D eigenvalue weighted by atomic mass is 16.7. The summed E-state index contributed by atoms with van der Waals surface area (Å²) in [5, 5.41) is 0. The monoisotopic (exact) mass is 358 g/mol. The number of benzene rings is 1. The van der Waals surface area contributed by atoms with Crippen LogP contribution in [0.25, 0.3) is 0 Å². The van der Waals surface area contributed by atoms with Gasteiger partial charge in [0.1, 0.15) is 5.54 Å². The maximum Gasteiger partial charge on any atom is 0.248 e. The summed E-state index contributed by atoms with van der Waals surface area (Å²) >= 11 is 0. The average Bonchev–Trinajstić information content (AvgIpc) is 3.26. The van der Waals surface area contributed by atoms with Gasteiger partial charge in [0, 0.05) is 19.6 Å². The first-order valence-corrected chi connectivity index (χ1v) is 9.62. The van der Waals surface area contributed by atoms with Crippen LogP contribution in [0.1, 0.15) is 44.6 Å². The molecule has 1 spiro atoms. The van der Waals surface area contributed by atoms with Crippen LogP contribution in [0.2, 0.25) is 0 Å². The van der Waals surface area contributed by atoms with E-state index in [0.717, 1.165) is 56.5 Å². The minimum absolute atomic E-state index is 0.0352. The second-order valence-corrected chi connectivity index (χ2v) is 7.44. The van der Waals surface area contributed by atoms with E-state index in [1.165, 1.54) is 0 Å². The maximum absolute atomic E-state index is 13.2. The van der Waals surface area contributed by atoms with Gasteiger partial charge in [-0.2, -0.15) is 0 Å². The lowest BCUT2D eigenvalue weighted by molar-refractivity contribution is -0.155. The minimum Gasteiger partial charge on any atom is -0.454 e. The number of hydrogen-bond acceptors (Lipinski definition) is 4. The van der Waals surface area contributed by atoms with E-state index in [2.05, 4.69) is 6.92 Å². The molecule has 1 atom stereocenters. The van der Waals surface area contributed by atoms with Gasteiger partial charge in [0.15, 0.2) is 11.5 Å². The third-order valence-corrected chi connectivity index (χ3v) is 5.78. The molecule has 0 radical (unpaired) electrons. The Morgan fingerprint density at radius 2 is 1.92 bits per heavy atom. The van der Waals surface area contributed by atoms with Crippen molar-refractivity contribution < 1.29 is 19.1 Å². The fourth-order valence-corrected chi connectivity index (χ4v) is 4.59. The molecule has 0 saturated carbocycles. The summed E-state index contributed by atoms with van der Waals surface area (Å²) in [5.74, 6) is 1.60. The molecule has 2 saturated heterocycles. The van der Waals surface area contributed by atoms with Crippen LogP contribution in [0.3, 0.4) is 0 Å². The summed E-state index contributed by atoms with van der Waals surface area (Å²) < 4.78 is 10.7. The molecule has 6 heteroatoms. The van der Waals surface area contributed by atoms with Crippen LogP contribution >= 0.6 is 0 Å². The van der Waals surface area contributed by atoms with Crippen LogP contribution < -0.4 is 9.47 Å². The molecule has 1 aromatic rings. The Morgan fingerprint density at radius 3 is 2.73 bits per heavy atom. The first kappa shape index (κ1) is 17.2. The van der Waals surface area contributed by atoms with Crippen LogP contribution in [-0.4, -0.2) is 53.6 Å². The smallest absolute Gasteiger partial charge is 0.248 e. The average molecular weight is 358 g/mol. The van der Waals surface area contributed by atoms with Gasteiger partial charge in [-0.25, -0.2) is 0 Å². The van der Waals surface area contributed by atoms with Crippen molar-refractivity contribution in [3.05, 3.63) is 23.8 Å². The zero-order valence-electron chi connectivity index (χ0n) is 15.3. The van der Waals surface area contributed by atoms with E-state index < -0.39 is 5.54 Å². The quantitative estimate of drug-likeness (QED) is 0.829. The minimum atomic E-state index is -0.610. The second-order valence-electron chi connectivity index (χ2n) is 7.44. The molecule has 2 fully saturated rings. The summed E-state index contributed by atoms with van der Waals surface area (Å²) in [6, 6.07) is 5.62. The van der Waals surface area contributed by atoms with Crippen molar-refractivity contribution in [2.45, 2.75) is 51.0 Å². The van der Waals surface area contributed by atoms with E-state index in [1.807, 2.05) is 28.0 Å². The predicted octanol–water partition coefficient (Wildman–Crippen LogP) is 2.35. The Bertz CT molecular complexity index is 718. The van der Waals surface area contributed by atoms with Crippen molar-refractivity contribution >= 4 is 11.8 Å². The van der Waals surface area contributed by atoms with Gasteiger partial charge in [0.2, 0.25) is 18.6 Å². The van der Waals surface area contributed by atoms with Gasteiger partial charge < -0.3 is 19.3 Å². The number of rotatable bonds is 4. The molecule has 140 valence electrons. The Morgan fingerprint density at radius 1 is 1.15 bits per heavy atom. The molecular weight excluding hydrogens is 332 g/mol. The molecule has 2 amide bonds. The van der Waals surface area contributed by atoms with Crippen molar-refractivity contribution in [1.29, 1.82) is 0 Å². The molecule has 26 heavy (non-hydrogen) atoms. The number of carbonyl (C=O) groups is 2. The summed E-state index contributed by atoms with van der Waals surface area (Å²) in [6.45, 7) is 4.59. The molecule has 3 heterocycles. The molecule has 0 aromatic heterocycles. The van der Waals surface area contributed by atoms with Gasteiger partial charge in [-0.3, -0.25) is 9.59 Å². The van der Waals surface area contributed by atoms with E-state index in [1.54, 1.807) is 0 Å². The number of ether oxygens (including phenoxy) is 2. The lowest BCUT2D eigenvalue weighted by Gasteiger charge is -2.44. The van der Waals surface area contributed by atoms with Crippen LogP contribution in [-0.2, 0) is 16.0 Å². The van der Waals surface area contributed by atoms with E-state index >= 15 is 0 Å². The number of fused-ring (bicyclic) bond motifs is 1. The van der Waals surface area contributed by atoms with E-state index in [0.29, 0.717) is 18.7 Å². The van der Waals surface area contributed by atoms with Crippen LogP contribution in [0.4, 0.5) is 0 Å². The lowest BCUT2D eigenvalue weighted by Crippen LogP contribution is -2.61. The highest BCUT2D eigenvalue weighted by Crippen LogP contribution is 2.39. The molecule has 0 bridgehead atoms. The molecule has 0 N–H and O–H groups in total. The molecule has 1 aromatic carbocycles. The van der Waals surface area contributed by atoms with Crippen LogP contribution in [0, 0.1) is 0 Å². The van der Waals surface area contributed by atoms with Crippen molar-refractivity contribution in [2.75, 3.05) is 26.4 Å². The normalized spacial score (nSPS) is 24.6. The zero-order valence-corrected chi connectivity index (χ0v) is 15.3. The van der Waals surface area contributed by atoms with Crippen molar-refractivity contribution in [2.24, 2.45) is 0 Å². The molecule has 0 aliphatic carbocycles. The maximum atomic E-state index is 13.2. The Balaban J connectivity index is 1.52. The number of hydrogen-bond donors (Lipinski definition) is 0. The standard InChI is InChI=1S/C20H26N2O4/c1-2-9-21-10-3-7-20(19(21)24)8-4-11-22(20)18(23)13-15-5-6-16-17(12-15)26-14-25-16/h5-6,12H,2-4,7-11,13-14H2,1H3. The third-order valence-electron chi connectivity index (χ3n) is 5.78. The Kier molecular flexibility index (Phi) is 4.51. The van der Waals surface area contributed by atoms with Gasteiger partial charge in [-0.1, -0.05) is 13.0 Å². The van der Waals surface area contributed by atoms with E-state index in [4.69, 9.17) is 9.47 Å². The SMILES string of the molecule is CCCN1CCCC2(CCCN2C(=O)Cc2ccc3c(c2)OCO3)C1=O. The van der Waals surface area contributed by atoms with E-state index in [9.17, 15) is 9.59 Å². The molecule has 3 aliphatic rings. The summed E-state index contributed by atoms with van der Waals surface area (Å²) in [6.07, 6.45) is 4.70. The predicted molar refractivity (Wildman–Crippen MR) is 96.1 cm³/mol. The number of likely N-dealkylation sites (tertiary alicyclic amines) is 2. The first-order valence-electron chi connectivity index (χ1n) is 9.62. The molecule has 4 rings (SSSR count). The van der Waals surface area contributed by atoms with Crippen molar-refractivity contribution in [3.63, 3.8) is 0 Å². The van der Waals surface area contributed by atoms with Gasteiger partial charge >= 0.3 is 0 Å². The Hall–Kier alpha value is -2.24. The first-order chi connectivity index (χ1) is 12.6. The van der Waals surface area contributed by atoms with Crippen molar-refractivity contribution in [1.82, 2.24) is 9.80 Å². The van der Waals surface area contributed by atoms with Crippen LogP contribution in [0.5, 0.6) is 11.5 Å². The molecule has 1 unspecified atom stereocenters. The summed E-state index contributed by atoms with van der Waals surface area (Å²) in [7, 11) is 0. The highest BCUT2D eigenvalue weighted by molar-refractivity contribution is 5.93. The molecule has 6 nitrogen and oxygen atoms in total. The fraction of sp³-hybridized carbons (Fsp3) is 0.600. The van der Waals surface area contributed by atoms with Crippen molar-refractivity contribution in [3.8, 4) is 11.5 Å².